The third-order valence-electron chi connectivity index (χ3n) is 3.67. The zero-order chi connectivity index (χ0) is 14.5. The lowest BCUT2D eigenvalue weighted by atomic mass is 9.95. The number of nitrogens with two attached hydrogens (primary N) is 1. The van der Waals surface area contributed by atoms with E-state index >= 15 is 0 Å². The van der Waals surface area contributed by atoms with Crippen LogP contribution in [-0.4, -0.2) is 28.0 Å². The summed E-state index contributed by atoms with van der Waals surface area (Å²) >= 11 is 0. The molecular weight excluding hydrogens is 258 g/mol. The van der Waals surface area contributed by atoms with Crippen LogP contribution in [0.4, 0.5) is 5.69 Å². The maximum Gasteiger partial charge on any atom is 0.308 e. The van der Waals surface area contributed by atoms with Gasteiger partial charge in [-0.25, -0.2) is 4.98 Å². The second-order valence-corrected chi connectivity index (χ2v) is 5.14. The van der Waals surface area contributed by atoms with E-state index in [0.717, 1.165) is 19.3 Å². The van der Waals surface area contributed by atoms with Crippen LogP contribution in [0, 0.1) is 5.92 Å². The molecule has 1 aliphatic carbocycles. The largest absolute Gasteiger partial charge is 0.481 e. The SMILES string of the molecule is Nc1ccc(C(=O)NC2CCCCCC2C(=O)O)nc1. The average Bonchev–Trinajstić information content (AvgIpc) is 2.65. The number of anilines is 1. The normalized spacial score (nSPS) is 22.8. The first-order chi connectivity index (χ1) is 9.58. The third kappa shape index (κ3) is 3.46. The van der Waals surface area contributed by atoms with Crippen molar-refractivity contribution in [2.75, 3.05) is 5.73 Å². The number of aromatic nitrogens is 1. The molecule has 2 atom stereocenters. The summed E-state index contributed by atoms with van der Waals surface area (Å²) in [5.41, 5.74) is 6.26. The Hall–Kier alpha value is -2.11. The molecule has 1 fully saturated rings. The Bertz CT molecular complexity index is 487. The molecule has 0 saturated heterocycles. The maximum atomic E-state index is 12.1. The third-order valence-corrected chi connectivity index (χ3v) is 3.67. The Labute approximate surface area is 117 Å². The highest BCUT2D eigenvalue weighted by Gasteiger charge is 2.30. The quantitative estimate of drug-likeness (QED) is 0.725. The first-order valence-corrected chi connectivity index (χ1v) is 6.83. The molecule has 1 aliphatic rings. The molecule has 1 aromatic heterocycles. The van der Waals surface area contributed by atoms with Gasteiger partial charge in [-0.3, -0.25) is 9.59 Å². The molecule has 6 heteroatoms. The number of nitrogens with one attached hydrogen (secondary N) is 1. The van der Waals surface area contributed by atoms with Gasteiger partial charge in [0.15, 0.2) is 0 Å². The molecule has 1 saturated carbocycles. The highest BCUT2D eigenvalue weighted by atomic mass is 16.4. The molecule has 1 aromatic rings. The van der Waals surface area contributed by atoms with Crippen molar-refractivity contribution in [2.45, 2.75) is 38.1 Å². The van der Waals surface area contributed by atoms with Gasteiger partial charge in [0.25, 0.3) is 5.91 Å². The van der Waals surface area contributed by atoms with E-state index in [4.69, 9.17) is 5.73 Å². The Morgan fingerprint density at radius 1 is 1.25 bits per heavy atom. The van der Waals surface area contributed by atoms with Crippen LogP contribution < -0.4 is 11.1 Å². The Morgan fingerprint density at radius 2 is 2.00 bits per heavy atom. The van der Waals surface area contributed by atoms with Crippen molar-refractivity contribution in [1.82, 2.24) is 10.3 Å². The van der Waals surface area contributed by atoms with Gasteiger partial charge in [0, 0.05) is 6.04 Å². The van der Waals surface area contributed by atoms with Crippen LogP contribution in [0.3, 0.4) is 0 Å². The molecule has 0 aromatic carbocycles. The molecule has 2 rings (SSSR count). The summed E-state index contributed by atoms with van der Waals surface area (Å²) in [7, 11) is 0. The number of hydrogen-bond donors (Lipinski definition) is 3. The van der Waals surface area contributed by atoms with E-state index in [0.29, 0.717) is 18.5 Å². The number of carboxylic acids is 1. The van der Waals surface area contributed by atoms with Crippen LogP contribution in [-0.2, 0) is 4.79 Å². The lowest BCUT2D eigenvalue weighted by Crippen LogP contribution is -2.43. The maximum absolute atomic E-state index is 12.1. The lowest BCUT2D eigenvalue weighted by molar-refractivity contribution is -0.142. The fourth-order valence-electron chi connectivity index (χ4n) is 2.56. The number of hydrogen-bond acceptors (Lipinski definition) is 4. The van der Waals surface area contributed by atoms with Gasteiger partial charge in [0.1, 0.15) is 5.69 Å². The summed E-state index contributed by atoms with van der Waals surface area (Å²) in [5.74, 6) is -1.71. The van der Waals surface area contributed by atoms with Crippen LogP contribution in [0.1, 0.15) is 42.6 Å². The molecule has 1 heterocycles. The monoisotopic (exact) mass is 277 g/mol. The van der Waals surface area contributed by atoms with Crippen molar-refractivity contribution < 1.29 is 14.7 Å². The first-order valence-electron chi connectivity index (χ1n) is 6.83. The number of nitrogens with zero attached hydrogens (tertiary/aromatic N) is 1. The number of carbonyl (C=O) groups is 2. The summed E-state index contributed by atoms with van der Waals surface area (Å²) in [4.78, 5) is 27.3. The van der Waals surface area contributed by atoms with Gasteiger partial charge in [-0.15, -0.1) is 0 Å². The second-order valence-electron chi connectivity index (χ2n) is 5.14. The number of pyridine rings is 1. The lowest BCUT2D eigenvalue weighted by Gasteiger charge is -2.22. The fourth-order valence-corrected chi connectivity index (χ4v) is 2.56. The molecule has 2 unspecified atom stereocenters. The minimum atomic E-state index is -0.845. The van der Waals surface area contributed by atoms with E-state index in [1.807, 2.05) is 0 Å². The molecule has 0 radical (unpaired) electrons. The van der Waals surface area contributed by atoms with E-state index in [1.54, 1.807) is 6.07 Å². The molecule has 0 bridgehead atoms. The molecule has 108 valence electrons. The highest BCUT2D eigenvalue weighted by molar-refractivity contribution is 5.93. The van der Waals surface area contributed by atoms with Crippen LogP contribution in [0.2, 0.25) is 0 Å². The number of aliphatic carboxylic acids is 1. The molecule has 0 aliphatic heterocycles. The van der Waals surface area contributed by atoms with Gasteiger partial charge in [-0.05, 0) is 25.0 Å². The van der Waals surface area contributed by atoms with E-state index in [2.05, 4.69) is 10.3 Å². The van der Waals surface area contributed by atoms with E-state index in [1.165, 1.54) is 12.3 Å². The minimum absolute atomic E-state index is 0.257. The predicted octanol–water partition coefficient (Wildman–Crippen LogP) is 1.43. The molecule has 6 nitrogen and oxygen atoms in total. The second kappa shape index (κ2) is 6.36. The van der Waals surface area contributed by atoms with Crippen molar-refractivity contribution >= 4 is 17.6 Å². The number of nitrogen functional groups attached to an aromatic ring is 1. The summed E-state index contributed by atoms with van der Waals surface area (Å²) in [6.45, 7) is 0. The van der Waals surface area contributed by atoms with E-state index < -0.39 is 11.9 Å². The van der Waals surface area contributed by atoms with Crippen molar-refractivity contribution in [3.05, 3.63) is 24.0 Å². The number of rotatable bonds is 3. The predicted molar refractivity (Wildman–Crippen MR) is 74.1 cm³/mol. The van der Waals surface area contributed by atoms with Crippen molar-refractivity contribution in [2.24, 2.45) is 5.92 Å². The summed E-state index contributed by atoms with van der Waals surface area (Å²) < 4.78 is 0. The standard InChI is InChI=1S/C14H19N3O3/c15-9-6-7-12(16-8-9)13(18)17-11-5-3-1-2-4-10(11)14(19)20/h6-8,10-11H,1-5,15H2,(H,17,18)(H,19,20). The molecule has 4 N–H and O–H groups in total. The van der Waals surface area contributed by atoms with Gasteiger partial charge >= 0.3 is 5.97 Å². The van der Waals surface area contributed by atoms with E-state index in [9.17, 15) is 14.7 Å². The number of amides is 1. The fraction of sp³-hybridized carbons (Fsp3) is 0.500. The summed E-state index contributed by atoms with van der Waals surface area (Å²) in [6.07, 6.45) is 5.55. The van der Waals surface area contributed by atoms with Crippen molar-refractivity contribution in [1.29, 1.82) is 0 Å². The van der Waals surface area contributed by atoms with Gasteiger partial charge in [-0.1, -0.05) is 19.3 Å². The Balaban J connectivity index is 2.07. The zero-order valence-electron chi connectivity index (χ0n) is 11.2. The number of carboxylic acid groups (broad SMARTS) is 1. The van der Waals surface area contributed by atoms with Gasteiger partial charge in [-0.2, -0.15) is 0 Å². The average molecular weight is 277 g/mol. The van der Waals surface area contributed by atoms with Gasteiger partial charge < -0.3 is 16.2 Å². The topological polar surface area (TPSA) is 105 Å². The molecule has 20 heavy (non-hydrogen) atoms. The molecule has 0 spiro atoms. The summed E-state index contributed by atoms with van der Waals surface area (Å²) in [5, 5.41) is 12.1. The minimum Gasteiger partial charge on any atom is -0.481 e. The zero-order valence-corrected chi connectivity index (χ0v) is 11.2. The highest BCUT2D eigenvalue weighted by Crippen LogP contribution is 2.24. The van der Waals surface area contributed by atoms with Crippen LogP contribution in [0.15, 0.2) is 18.3 Å². The first kappa shape index (κ1) is 14.3. The van der Waals surface area contributed by atoms with Crippen molar-refractivity contribution in [3.63, 3.8) is 0 Å². The van der Waals surface area contributed by atoms with Gasteiger partial charge in [0.2, 0.25) is 0 Å². The number of carbonyl (C=O) groups excluding carboxylic acids is 1. The van der Waals surface area contributed by atoms with E-state index in [-0.39, 0.29) is 17.6 Å². The van der Waals surface area contributed by atoms with Crippen LogP contribution >= 0.6 is 0 Å². The van der Waals surface area contributed by atoms with Crippen LogP contribution in [0.5, 0.6) is 0 Å². The smallest absolute Gasteiger partial charge is 0.308 e. The van der Waals surface area contributed by atoms with Crippen LogP contribution in [0.25, 0.3) is 0 Å². The molecular formula is C14H19N3O3. The summed E-state index contributed by atoms with van der Waals surface area (Å²) in [6, 6.07) is 2.81. The molecule has 1 amide bonds. The van der Waals surface area contributed by atoms with Gasteiger partial charge in [0.05, 0.1) is 17.8 Å². The Kier molecular flexibility index (Phi) is 4.55. The van der Waals surface area contributed by atoms with Crippen molar-refractivity contribution in [3.8, 4) is 0 Å². The Morgan fingerprint density at radius 3 is 2.65 bits per heavy atom.